The molecule has 21 heavy (non-hydrogen) atoms. The van der Waals surface area contributed by atoms with Crippen molar-refractivity contribution in [3.05, 3.63) is 24.3 Å². The Morgan fingerprint density at radius 3 is 2.57 bits per heavy atom. The van der Waals surface area contributed by atoms with Crippen LogP contribution in [0.5, 0.6) is 0 Å². The Labute approximate surface area is 127 Å². The Hall–Kier alpha value is -1.11. The maximum Gasteiger partial charge on any atom is 0.242 e. The Kier molecular flexibility index (Phi) is 5.24. The van der Waals surface area contributed by atoms with Crippen LogP contribution < -0.4 is 15.8 Å². The first-order chi connectivity index (χ1) is 9.88. The second-order valence-electron chi connectivity index (χ2n) is 6.16. The second kappa shape index (κ2) is 6.77. The predicted molar refractivity (Wildman–Crippen MR) is 85.7 cm³/mol. The first-order valence-corrected chi connectivity index (χ1v) is 8.97. The summed E-state index contributed by atoms with van der Waals surface area (Å²) in [7, 11) is -3.45. The molecule has 1 unspecified atom stereocenters. The molecule has 0 bridgehead atoms. The molecule has 0 aromatic heterocycles. The third-order valence-corrected chi connectivity index (χ3v) is 4.98. The van der Waals surface area contributed by atoms with Gasteiger partial charge in [-0.05, 0) is 37.3 Å². The first-order valence-electron chi connectivity index (χ1n) is 7.49. The van der Waals surface area contributed by atoms with Crippen molar-refractivity contribution in [1.29, 1.82) is 0 Å². The number of hydrogen-bond donors (Lipinski definition) is 3. The molecule has 4 N–H and O–H groups in total. The number of sulfonamides is 1. The van der Waals surface area contributed by atoms with Crippen molar-refractivity contribution in [1.82, 2.24) is 4.72 Å². The number of nitrogens with one attached hydrogen (secondary N) is 2. The maximum atomic E-state index is 12.3. The number of nitrogens with two attached hydrogens (primary N) is 1. The molecule has 0 heterocycles. The monoisotopic (exact) mass is 311 g/mol. The van der Waals surface area contributed by atoms with Crippen LogP contribution in [0.3, 0.4) is 0 Å². The molecule has 1 atom stereocenters. The molecule has 0 radical (unpaired) electrons. The minimum atomic E-state index is -3.45. The smallest absolute Gasteiger partial charge is 0.242 e. The number of hydrogen-bond acceptors (Lipinski definition) is 4. The largest absolute Gasteiger partial charge is 0.382 e. The molecule has 0 amide bonds. The lowest BCUT2D eigenvalue weighted by Crippen LogP contribution is -2.31. The molecular weight excluding hydrogens is 286 g/mol. The van der Waals surface area contributed by atoms with E-state index in [4.69, 9.17) is 5.73 Å². The number of benzene rings is 1. The number of rotatable bonds is 8. The average molecular weight is 311 g/mol. The zero-order valence-corrected chi connectivity index (χ0v) is 13.5. The average Bonchev–Trinajstić information content (AvgIpc) is 3.19. The predicted octanol–water partition coefficient (Wildman–Crippen LogP) is 1.91. The lowest BCUT2D eigenvalue weighted by Gasteiger charge is -2.17. The van der Waals surface area contributed by atoms with Crippen molar-refractivity contribution in [2.24, 2.45) is 11.7 Å². The number of para-hydroxylation sites is 1. The molecule has 118 valence electrons. The Morgan fingerprint density at radius 1 is 1.29 bits per heavy atom. The van der Waals surface area contributed by atoms with Gasteiger partial charge in [0.25, 0.3) is 0 Å². The molecule has 1 aromatic carbocycles. The van der Waals surface area contributed by atoms with Crippen LogP contribution in [0, 0.1) is 5.92 Å². The molecule has 1 aromatic rings. The second-order valence-corrected chi connectivity index (χ2v) is 7.84. The van der Waals surface area contributed by atoms with Crippen molar-refractivity contribution in [2.45, 2.75) is 50.1 Å². The molecule has 2 rings (SSSR count). The fraction of sp³-hybridized carbons (Fsp3) is 0.600. The lowest BCUT2D eigenvalue weighted by atomic mass is 10.0. The highest BCUT2D eigenvalue weighted by molar-refractivity contribution is 7.89. The summed E-state index contributed by atoms with van der Waals surface area (Å²) >= 11 is 0. The highest BCUT2D eigenvalue weighted by Gasteiger charge is 2.29. The standard InChI is InChI=1S/C15H25N3O2S/c1-11(2)9-12(16)10-17-14-5-3-4-6-15(14)21(19,20)18-13-7-8-13/h3-6,11-13,17-18H,7-10,16H2,1-2H3. The summed E-state index contributed by atoms with van der Waals surface area (Å²) in [6.07, 6.45) is 2.75. The van der Waals surface area contributed by atoms with Gasteiger partial charge in [-0.15, -0.1) is 0 Å². The van der Waals surface area contributed by atoms with Crippen molar-refractivity contribution in [2.75, 3.05) is 11.9 Å². The highest BCUT2D eigenvalue weighted by atomic mass is 32.2. The van der Waals surface area contributed by atoms with Crippen LogP contribution >= 0.6 is 0 Å². The molecule has 1 saturated carbocycles. The van der Waals surface area contributed by atoms with E-state index >= 15 is 0 Å². The van der Waals surface area contributed by atoms with E-state index in [0.717, 1.165) is 19.3 Å². The van der Waals surface area contributed by atoms with Gasteiger partial charge >= 0.3 is 0 Å². The van der Waals surface area contributed by atoms with Gasteiger partial charge in [-0.3, -0.25) is 0 Å². The normalized spacial score (nSPS) is 17.0. The summed E-state index contributed by atoms with van der Waals surface area (Å²) in [5.74, 6) is 0.525. The molecule has 1 aliphatic carbocycles. The molecule has 5 nitrogen and oxygen atoms in total. The fourth-order valence-electron chi connectivity index (χ4n) is 2.26. The van der Waals surface area contributed by atoms with Gasteiger partial charge in [0.15, 0.2) is 0 Å². The molecule has 1 fully saturated rings. The SMILES string of the molecule is CC(C)CC(N)CNc1ccccc1S(=O)(=O)NC1CC1. The van der Waals surface area contributed by atoms with Gasteiger partial charge in [0.2, 0.25) is 10.0 Å². The summed E-state index contributed by atoms with van der Waals surface area (Å²) in [6.45, 7) is 4.81. The van der Waals surface area contributed by atoms with E-state index in [2.05, 4.69) is 23.9 Å². The third kappa shape index (κ3) is 4.98. The topological polar surface area (TPSA) is 84.2 Å². The van der Waals surface area contributed by atoms with Crippen LogP contribution in [-0.4, -0.2) is 27.0 Å². The highest BCUT2D eigenvalue weighted by Crippen LogP contribution is 2.25. The van der Waals surface area contributed by atoms with Crippen molar-refractivity contribution in [3.63, 3.8) is 0 Å². The van der Waals surface area contributed by atoms with Crippen LogP contribution in [0.25, 0.3) is 0 Å². The van der Waals surface area contributed by atoms with Crippen LogP contribution in [0.1, 0.15) is 33.1 Å². The molecule has 1 aliphatic rings. The van der Waals surface area contributed by atoms with Crippen molar-refractivity contribution < 1.29 is 8.42 Å². The van der Waals surface area contributed by atoms with E-state index in [1.807, 2.05) is 6.07 Å². The van der Waals surface area contributed by atoms with Gasteiger partial charge in [0, 0.05) is 18.6 Å². The maximum absolute atomic E-state index is 12.3. The summed E-state index contributed by atoms with van der Waals surface area (Å²) < 4.78 is 27.4. The zero-order valence-electron chi connectivity index (χ0n) is 12.7. The Bertz CT molecular complexity index is 568. The molecular formula is C15H25N3O2S. The van der Waals surface area contributed by atoms with E-state index in [1.165, 1.54) is 0 Å². The van der Waals surface area contributed by atoms with Crippen LogP contribution in [0.4, 0.5) is 5.69 Å². The van der Waals surface area contributed by atoms with Crippen LogP contribution in [-0.2, 0) is 10.0 Å². The van der Waals surface area contributed by atoms with E-state index in [1.54, 1.807) is 18.2 Å². The van der Waals surface area contributed by atoms with Gasteiger partial charge in [-0.25, -0.2) is 13.1 Å². The summed E-state index contributed by atoms with van der Waals surface area (Å²) in [5, 5.41) is 3.17. The fourth-order valence-corrected chi connectivity index (χ4v) is 3.75. The zero-order chi connectivity index (χ0) is 15.5. The summed E-state index contributed by atoms with van der Waals surface area (Å²) in [4.78, 5) is 0.300. The quantitative estimate of drug-likeness (QED) is 0.685. The van der Waals surface area contributed by atoms with Crippen LogP contribution in [0.15, 0.2) is 29.2 Å². The van der Waals surface area contributed by atoms with Crippen molar-refractivity contribution in [3.8, 4) is 0 Å². The summed E-state index contributed by atoms with van der Waals surface area (Å²) in [6, 6.07) is 7.08. The van der Waals surface area contributed by atoms with Crippen molar-refractivity contribution >= 4 is 15.7 Å². The van der Waals surface area contributed by atoms with Gasteiger partial charge < -0.3 is 11.1 Å². The van der Waals surface area contributed by atoms with E-state index in [9.17, 15) is 8.42 Å². The Balaban J connectivity index is 2.06. The first kappa shape index (κ1) is 16.3. The van der Waals surface area contributed by atoms with Gasteiger partial charge in [0.1, 0.15) is 4.90 Å². The van der Waals surface area contributed by atoms with E-state index in [0.29, 0.717) is 23.0 Å². The number of anilines is 1. The Morgan fingerprint density at radius 2 is 1.95 bits per heavy atom. The molecule has 6 heteroatoms. The van der Waals surface area contributed by atoms with E-state index in [-0.39, 0.29) is 12.1 Å². The van der Waals surface area contributed by atoms with Gasteiger partial charge in [-0.2, -0.15) is 0 Å². The molecule has 0 saturated heterocycles. The third-order valence-electron chi connectivity index (χ3n) is 3.40. The minimum absolute atomic E-state index is 0.0113. The lowest BCUT2D eigenvalue weighted by molar-refractivity contribution is 0.508. The minimum Gasteiger partial charge on any atom is -0.382 e. The van der Waals surface area contributed by atoms with E-state index < -0.39 is 10.0 Å². The summed E-state index contributed by atoms with van der Waals surface area (Å²) in [5.41, 5.74) is 6.66. The van der Waals surface area contributed by atoms with Crippen LogP contribution in [0.2, 0.25) is 0 Å². The molecule has 0 spiro atoms. The van der Waals surface area contributed by atoms with Gasteiger partial charge in [0.05, 0.1) is 5.69 Å². The van der Waals surface area contributed by atoms with Gasteiger partial charge in [-0.1, -0.05) is 26.0 Å². The molecule has 0 aliphatic heterocycles.